The molecule has 82 valence electrons. The zero-order valence-electron chi connectivity index (χ0n) is 8.91. The number of rotatable bonds is 1. The predicted molar refractivity (Wildman–Crippen MR) is 63.2 cm³/mol. The summed E-state index contributed by atoms with van der Waals surface area (Å²) < 4.78 is 0. The third-order valence-corrected chi connectivity index (χ3v) is 2.98. The van der Waals surface area contributed by atoms with Crippen molar-refractivity contribution >= 4 is 28.5 Å². The maximum absolute atomic E-state index is 11.3. The summed E-state index contributed by atoms with van der Waals surface area (Å²) in [5.74, 6) is -0.971. The van der Waals surface area contributed by atoms with Gasteiger partial charge in [-0.2, -0.15) is 0 Å². The van der Waals surface area contributed by atoms with Crippen LogP contribution in [-0.2, 0) is 0 Å². The van der Waals surface area contributed by atoms with Crippen LogP contribution in [0.4, 0.5) is 0 Å². The molecule has 2 aromatic rings. The van der Waals surface area contributed by atoms with E-state index in [4.69, 9.17) is 11.6 Å². The lowest BCUT2D eigenvalue weighted by Gasteiger charge is -2.09. The molecule has 1 N–H and O–H groups in total. The first-order valence-electron chi connectivity index (χ1n) is 4.81. The fourth-order valence-electron chi connectivity index (χ4n) is 1.75. The third kappa shape index (κ3) is 1.53. The van der Waals surface area contributed by atoms with Gasteiger partial charge in [-0.3, -0.25) is 4.98 Å². The maximum atomic E-state index is 11.3. The molecule has 2 rings (SSSR count). The third-order valence-electron chi connectivity index (χ3n) is 2.66. The Morgan fingerprint density at radius 3 is 2.69 bits per heavy atom. The number of aromatic nitrogens is 1. The Morgan fingerprint density at radius 2 is 2.06 bits per heavy atom. The van der Waals surface area contributed by atoms with Crippen LogP contribution in [-0.4, -0.2) is 16.1 Å². The second-order valence-corrected chi connectivity index (χ2v) is 4.04. The van der Waals surface area contributed by atoms with Crippen LogP contribution in [0.3, 0.4) is 0 Å². The molecule has 0 unspecified atom stereocenters. The van der Waals surface area contributed by atoms with Crippen molar-refractivity contribution in [3.05, 3.63) is 40.0 Å². The van der Waals surface area contributed by atoms with Crippen LogP contribution in [0.1, 0.15) is 21.6 Å². The van der Waals surface area contributed by atoms with Crippen molar-refractivity contribution in [2.24, 2.45) is 0 Å². The zero-order valence-corrected chi connectivity index (χ0v) is 9.67. The van der Waals surface area contributed by atoms with E-state index in [-0.39, 0.29) is 5.56 Å². The van der Waals surface area contributed by atoms with Crippen molar-refractivity contribution in [3.8, 4) is 0 Å². The molecule has 1 aromatic heterocycles. The number of fused-ring (bicyclic) bond motifs is 1. The monoisotopic (exact) mass is 235 g/mol. The average molecular weight is 236 g/mol. The van der Waals surface area contributed by atoms with Crippen molar-refractivity contribution in [2.75, 3.05) is 0 Å². The van der Waals surface area contributed by atoms with E-state index >= 15 is 0 Å². The van der Waals surface area contributed by atoms with E-state index in [1.54, 1.807) is 32.0 Å². The van der Waals surface area contributed by atoms with E-state index in [9.17, 15) is 9.90 Å². The molecule has 0 aliphatic heterocycles. The minimum atomic E-state index is -0.971. The van der Waals surface area contributed by atoms with Crippen molar-refractivity contribution in [3.63, 3.8) is 0 Å². The number of hydrogen-bond donors (Lipinski definition) is 1. The number of aryl methyl sites for hydroxylation is 1. The van der Waals surface area contributed by atoms with E-state index in [2.05, 4.69) is 4.98 Å². The molecule has 1 heterocycles. The van der Waals surface area contributed by atoms with Gasteiger partial charge in [0.1, 0.15) is 0 Å². The van der Waals surface area contributed by atoms with Crippen molar-refractivity contribution in [2.45, 2.75) is 13.8 Å². The van der Waals surface area contributed by atoms with Crippen LogP contribution in [0.5, 0.6) is 0 Å². The van der Waals surface area contributed by atoms with Gasteiger partial charge in [0.05, 0.1) is 16.1 Å². The van der Waals surface area contributed by atoms with Crippen LogP contribution in [0.15, 0.2) is 18.2 Å². The molecule has 0 saturated carbocycles. The molecule has 0 radical (unpaired) electrons. The first-order chi connectivity index (χ1) is 7.52. The summed E-state index contributed by atoms with van der Waals surface area (Å²) >= 11 is 6.03. The summed E-state index contributed by atoms with van der Waals surface area (Å²) in [7, 11) is 0. The van der Waals surface area contributed by atoms with E-state index in [0.717, 1.165) is 0 Å². The van der Waals surface area contributed by atoms with Gasteiger partial charge in [0.2, 0.25) is 0 Å². The number of halogens is 1. The number of pyridine rings is 1. The lowest BCUT2D eigenvalue weighted by atomic mass is 10.0. The fraction of sp³-hybridized carbons (Fsp3) is 0.167. The number of nitrogens with zero attached hydrogens (tertiary/aromatic N) is 1. The largest absolute Gasteiger partial charge is 0.478 e. The normalized spacial score (nSPS) is 10.7. The maximum Gasteiger partial charge on any atom is 0.336 e. The van der Waals surface area contributed by atoms with Crippen molar-refractivity contribution in [1.82, 2.24) is 4.98 Å². The summed E-state index contributed by atoms with van der Waals surface area (Å²) in [5.41, 5.74) is 2.24. The Morgan fingerprint density at radius 1 is 1.38 bits per heavy atom. The van der Waals surface area contributed by atoms with Crippen molar-refractivity contribution < 1.29 is 9.90 Å². The Bertz CT molecular complexity index is 593. The number of hydrogen-bond acceptors (Lipinski definition) is 2. The molecule has 1 aromatic carbocycles. The van der Waals surface area contributed by atoms with E-state index in [1.807, 2.05) is 0 Å². The van der Waals surface area contributed by atoms with Gasteiger partial charge in [-0.1, -0.05) is 17.7 Å². The van der Waals surface area contributed by atoms with Gasteiger partial charge in [0.15, 0.2) is 0 Å². The highest BCUT2D eigenvalue weighted by Crippen LogP contribution is 2.29. The summed E-state index contributed by atoms with van der Waals surface area (Å²) in [5, 5.41) is 10.2. The smallest absolute Gasteiger partial charge is 0.336 e. The Hall–Kier alpha value is -1.61. The number of benzene rings is 1. The molecule has 0 atom stereocenters. The van der Waals surface area contributed by atoms with E-state index in [1.165, 1.54) is 0 Å². The second kappa shape index (κ2) is 3.76. The van der Waals surface area contributed by atoms with Gasteiger partial charge < -0.3 is 5.11 Å². The molecule has 0 spiro atoms. The highest BCUT2D eigenvalue weighted by atomic mass is 35.5. The molecular formula is C12H10ClNO2. The highest BCUT2D eigenvalue weighted by molar-refractivity contribution is 6.36. The number of carboxylic acid groups (broad SMARTS) is 1. The highest BCUT2D eigenvalue weighted by Gasteiger charge is 2.17. The average Bonchev–Trinajstić information content (AvgIpc) is 2.20. The van der Waals surface area contributed by atoms with Gasteiger partial charge in [-0.05, 0) is 31.5 Å². The first-order valence-corrected chi connectivity index (χ1v) is 5.19. The molecule has 4 heteroatoms. The summed E-state index contributed by atoms with van der Waals surface area (Å²) in [6, 6.07) is 5.20. The molecule has 0 amide bonds. The van der Waals surface area contributed by atoms with E-state index in [0.29, 0.717) is 27.2 Å². The number of aromatic carboxylic acids is 1. The van der Waals surface area contributed by atoms with Crippen molar-refractivity contribution in [1.29, 1.82) is 0 Å². The Kier molecular flexibility index (Phi) is 2.56. The summed E-state index contributed by atoms with van der Waals surface area (Å²) in [6.07, 6.45) is 0. The Balaban J connectivity index is 3.03. The topological polar surface area (TPSA) is 50.2 Å². The SMILES string of the molecule is Cc1nc2cccc(Cl)c2c(C(=O)O)c1C. The van der Waals surface area contributed by atoms with Gasteiger partial charge in [0, 0.05) is 11.1 Å². The molecule has 0 bridgehead atoms. The van der Waals surface area contributed by atoms with E-state index < -0.39 is 5.97 Å². The van der Waals surface area contributed by atoms with Crippen LogP contribution in [0.25, 0.3) is 10.9 Å². The standard InChI is InChI=1S/C12H10ClNO2/c1-6-7(2)14-9-5-3-4-8(13)11(9)10(6)12(15)16/h3-5H,1-2H3,(H,15,16). The quantitative estimate of drug-likeness (QED) is 0.826. The number of carboxylic acids is 1. The van der Waals surface area contributed by atoms with Crippen LogP contribution in [0, 0.1) is 13.8 Å². The van der Waals surface area contributed by atoms with Gasteiger partial charge >= 0.3 is 5.97 Å². The molecular weight excluding hydrogens is 226 g/mol. The zero-order chi connectivity index (χ0) is 11.9. The predicted octanol–water partition coefficient (Wildman–Crippen LogP) is 3.20. The lowest BCUT2D eigenvalue weighted by Crippen LogP contribution is -2.05. The van der Waals surface area contributed by atoms with Gasteiger partial charge in [-0.15, -0.1) is 0 Å². The number of carbonyl (C=O) groups is 1. The first kappa shape index (κ1) is 10.9. The summed E-state index contributed by atoms with van der Waals surface area (Å²) in [6.45, 7) is 3.54. The minimum Gasteiger partial charge on any atom is -0.478 e. The lowest BCUT2D eigenvalue weighted by molar-refractivity contribution is 0.0698. The van der Waals surface area contributed by atoms with Gasteiger partial charge in [-0.25, -0.2) is 4.79 Å². The van der Waals surface area contributed by atoms with Crippen LogP contribution in [0.2, 0.25) is 5.02 Å². The molecule has 0 saturated heterocycles. The van der Waals surface area contributed by atoms with Crippen LogP contribution < -0.4 is 0 Å². The summed E-state index contributed by atoms with van der Waals surface area (Å²) in [4.78, 5) is 15.6. The van der Waals surface area contributed by atoms with Gasteiger partial charge in [0.25, 0.3) is 0 Å². The molecule has 0 fully saturated rings. The molecule has 0 aliphatic carbocycles. The minimum absolute atomic E-state index is 0.244. The Labute approximate surface area is 97.7 Å². The molecule has 3 nitrogen and oxygen atoms in total. The molecule has 0 aliphatic rings. The van der Waals surface area contributed by atoms with Crippen LogP contribution >= 0.6 is 11.6 Å². The molecule has 16 heavy (non-hydrogen) atoms. The second-order valence-electron chi connectivity index (χ2n) is 3.64. The fourth-order valence-corrected chi connectivity index (χ4v) is 2.02.